The van der Waals surface area contributed by atoms with Gasteiger partial charge in [0.25, 0.3) is 0 Å². The molecule has 1 saturated carbocycles. The minimum atomic E-state index is -0.952. The van der Waals surface area contributed by atoms with E-state index in [1.54, 1.807) is 12.7 Å². The van der Waals surface area contributed by atoms with Crippen LogP contribution in [0.5, 0.6) is 0 Å². The van der Waals surface area contributed by atoms with E-state index in [-0.39, 0.29) is 34.2 Å². The number of rotatable bonds is 8. The smallest absolute Gasteiger partial charge is 0.348 e. The summed E-state index contributed by atoms with van der Waals surface area (Å²) >= 11 is 1.33. The molecule has 0 bridgehead atoms. The van der Waals surface area contributed by atoms with E-state index < -0.39 is 5.97 Å². The first-order valence-corrected chi connectivity index (χ1v) is 13.8. The average molecular weight is 499 g/mol. The van der Waals surface area contributed by atoms with Crippen molar-refractivity contribution >= 4 is 34.5 Å². The molecule has 0 spiro atoms. The third kappa shape index (κ3) is 5.52. The second-order valence-corrected chi connectivity index (χ2v) is 11.8. The van der Waals surface area contributed by atoms with Crippen LogP contribution in [0.4, 0.5) is 5.69 Å². The molecule has 0 unspecified atom stereocenters. The molecule has 35 heavy (non-hydrogen) atoms. The molecule has 2 aromatic rings. The number of nitrogens with zero attached hydrogens (tertiary/aromatic N) is 4. The predicted octanol–water partition coefficient (Wildman–Crippen LogP) is 6.58. The van der Waals surface area contributed by atoms with E-state index in [2.05, 4.69) is 30.0 Å². The minimum Gasteiger partial charge on any atom is -0.477 e. The SMILES string of the molecule is CCC(CC)C(=O)N(c1cc(C2=CCC(C)(C)CC2)sc1C(=O)O)C1CCC(n2cncn2)CC1. The second kappa shape index (κ2) is 10.6. The Hall–Kier alpha value is -2.48. The molecule has 0 saturated heterocycles. The molecule has 0 aromatic carbocycles. The van der Waals surface area contributed by atoms with Gasteiger partial charge in [-0.2, -0.15) is 5.10 Å². The third-order valence-electron chi connectivity index (χ3n) is 7.87. The molecular formula is C27H38N4O3S. The van der Waals surface area contributed by atoms with Crippen molar-refractivity contribution in [3.63, 3.8) is 0 Å². The fourth-order valence-corrected chi connectivity index (χ4v) is 6.55. The van der Waals surface area contributed by atoms with Crippen molar-refractivity contribution in [2.45, 2.75) is 97.6 Å². The van der Waals surface area contributed by atoms with Gasteiger partial charge in [0, 0.05) is 16.8 Å². The van der Waals surface area contributed by atoms with Gasteiger partial charge >= 0.3 is 5.97 Å². The first-order chi connectivity index (χ1) is 16.7. The van der Waals surface area contributed by atoms with Crippen LogP contribution in [-0.2, 0) is 4.79 Å². The van der Waals surface area contributed by atoms with Gasteiger partial charge < -0.3 is 10.0 Å². The van der Waals surface area contributed by atoms with Crippen molar-refractivity contribution in [1.29, 1.82) is 0 Å². The molecule has 1 amide bonds. The third-order valence-corrected chi connectivity index (χ3v) is 9.06. The summed E-state index contributed by atoms with van der Waals surface area (Å²) in [6.07, 6.45) is 13.5. The first-order valence-electron chi connectivity index (χ1n) is 13.0. The van der Waals surface area contributed by atoms with Gasteiger partial charge in [0.05, 0.1) is 11.7 Å². The molecule has 190 valence electrons. The van der Waals surface area contributed by atoms with Gasteiger partial charge in [-0.05, 0) is 74.8 Å². The molecule has 1 fully saturated rings. The van der Waals surface area contributed by atoms with Gasteiger partial charge in [-0.3, -0.25) is 4.79 Å². The normalized spacial score (nSPS) is 22.1. The summed E-state index contributed by atoms with van der Waals surface area (Å²) in [5.41, 5.74) is 2.08. The minimum absolute atomic E-state index is 0.0114. The highest BCUT2D eigenvalue weighted by atomic mass is 32.1. The standard InChI is InChI=1S/C27H38N4O3S/c1-5-18(6-2)25(32)31(21-9-7-20(8-10-21)30-17-28-16-29-30)22-15-23(35-24(22)26(33)34)19-11-13-27(3,4)14-12-19/h11,15-18,20-21H,5-10,12-14H2,1-4H3,(H,33,34). The average Bonchev–Trinajstić information content (AvgIpc) is 3.52. The number of carboxylic acids is 1. The number of amides is 1. The lowest BCUT2D eigenvalue weighted by Gasteiger charge is -2.38. The summed E-state index contributed by atoms with van der Waals surface area (Å²) in [5.74, 6) is -1.00. The molecule has 7 nitrogen and oxygen atoms in total. The molecule has 2 heterocycles. The summed E-state index contributed by atoms with van der Waals surface area (Å²) < 4.78 is 1.91. The van der Waals surface area contributed by atoms with E-state index in [1.807, 2.05) is 29.5 Å². The molecule has 4 rings (SSSR count). The number of carbonyl (C=O) groups excluding carboxylic acids is 1. The van der Waals surface area contributed by atoms with E-state index in [0.717, 1.165) is 62.7 Å². The van der Waals surface area contributed by atoms with Gasteiger partial charge in [-0.25, -0.2) is 14.5 Å². The lowest BCUT2D eigenvalue weighted by molar-refractivity contribution is -0.123. The summed E-state index contributed by atoms with van der Waals surface area (Å²) in [6, 6.07) is 2.25. The Kier molecular flexibility index (Phi) is 7.79. The fraction of sp³-hybridized carbons (Fsp3) is 0.630. The summed E-state index contributed by atoms with van der Waals surface area (Å²) in [5, 5.41) is 14.4. The van der Waals surface area contributed by atoms with Crippen molar-refractivity contribution in [2.75, 3.05) is 4.90 Å². The number of aromatic nitrogens is 3. The maximum atomic E-state index is 13.9. The number of hydrogen-bond donors (Lipinski definition) is 1. The van der Waals surface area contributed by atoms with Crippen LogP contribution in [0.2, 0.25) is 0 Å². The number of thiophene rings is 1. The van der Waals surface area contributed by atoms with Crippen LogP contribution in [0.3, 0.4) is 0 Å². The molecular weight excluding hydrogens is 460 g/mol. The van der Waals surface area contributed by atoms with Gasteiger partial charge in [-0.15, -0.1) is 11.3 Å². The van der Waals surface area contributed by atoms with Crippen LogP contribution in [-0.4, -0.2) is 37.8 Å². The molecule has 0 atom stereocenters. The second-order valence-electron chi connectivity index (χ2n) is 10.8. The highest BCUT2D eigenvalue weighted by molar-refractivity contribution is 7.15. The van der Waals surface area contributed by atoms with Crippen LogP contribution < -0.4 is 4.90 Å². The number of carbonyl (C=O) groups is 2. The summed E-state index contributed by atoms with van der Waals surface area (Å²) in [7, 11) is 0. The zero-order chi connectivity index (χ0) is 25.2. The number of allylic oxidation sites excluding steroid dienone is 2. The highest BCUT2D eigenvalue weighted by Crippen LogP contribution is 2.44. The Bertz CT molecular complexity index is 1060. The number of hydrogen-bond acceptors (Lipinski definition) is 5. The number of aromatic carboxylic acids is 1. The van der Waals surface area contributed by atoms with Crippen molar-refractivity contribution in [3.8, 4) is 0 Å². The van der Waals surface area contributed by atoms with Crippen molar-refractivity contribution < 1.29 is 14.7 Å². The van der Waals surface area contributed by atoms with Crippen molar-refractivity contribution in [1.82, 2.24) is 14.8 Å². The van der Waals surface area contributed by atoms with Crippen LogP contribution in [0.1, 0.15) is 106 Å². The Labute approximate surface area is 212 Å². The van der Waals surface area contributed by atoms with E-state index in [0.29, 0.717) is 5.69 Å². The Morgan fingerprint density at radius 1 is 1.23 bits per heavy atom. The van der Waals surface area contributed by atoms with Crippen molar-refractivity contribution in [2.24, 2.45) is 11.3 Å². The molecule has 1 N–H and O–H groups in total. The monoisotopic (exact) mass is 498 g/mol. The first kappa shape index (κ1) is 25.6. The molecule has 0 radical (unpaired) electrons. The van der Waals surface area contributed by atoms with Gasteiger partial charge in [0.1, 0.15) is 17.5 Å². The van der Waals surface area contributed by atoms with E-state index in [4.69, 9.17) is 0 Å². The van der Waals surface area contributed by atoms with E-state index >= 15 is 0 Å². The Morgan fingerprint density at radius 2 is 1.94 bits per heavy atom. The van der Waals surface area contributed by atoms with Gasteiger partial charge in [0.2, 0.25) is 5.91 Å². The largest absolute Gasteiger partial charge is 0.477 e. The summed E-state index contributed by atoms with van der Waals surface area (Å²) in [6.45, 7) is 8.62. The van der Waals surface area contributed by atoms with Crippen molar-refractivity contribution in [3.05, 3.63) is 34.6 Å². The topological polar surface area (TPSA) is 88.3 Å². The lowest BCUT2D eigenvalue weighted by Crippen LogP contribution is -2.46. The molecule has 2 aliphatic carbocycles. The molecule has 0 aliphatic heterocycles. The molecule has 2 aromatic heterocycles. The summed E-state index contributed by atoms with van der Waals surface area (Å²) in [4.78, 5) is 33.5. The number of anilines is 1. The van der Waals surface area contributed by atoms with Crippen LogP contribution >= 0.6 is 11.3 Å². The predicted molar refractivity (Wildman–Crippen MR) is 140 cm³/mol. The number of carboxylic acid groups (broad SMARTS) is 1. The quantitative estimate of drug-likeness (QED) is 0.444. The highest BCUT2D eigenvalue weighted by Gasteiger charge is 2.36. The maximum absolute atomic E-state index is 13.9. The lowest BCUT2D eigenvalue weighted by atomic mass is 9.78. The van der Waals surface area contributed by atoms with Gasteiger partial charge in [-0.1, -0.05) is 33.8 Å². The van der Waals surface area contributed by atoms with Gasteiger partial charge in [0.15, 0.2) is 0 Å². The van der Waals surface area contributed by atoms with Crippen LogP contribution in [0.25, 0.3) is 5.57 Å². The molecule has 8 heteroatoms. The maximum Gasteiger partial charge on any atom is 0.348 e. The van der Waals surface area contributed by atoms with Crippen LogP contribution in [0.15, 0.2) is 24.8 Å². The zero-order valence-corrected chi connectivity index (χ0v) is 22.2. The molecule has 2 aliphatic rings. The van der Waals surface area contributed by atoms with E-state index in [1.165, 1.54) is 16.9 Å². The Morgan fingerprint density at radius 3 is 2.49 bits per heavy atom. The fourth-order valence-electron chi connectivity index (χ4n) is 5.49. The van der Waals surface area contributed by atoms with Crippen LogP contribution in [0, 0.1) is 11.3 Å². The zero-order valence-electron chi connectivity index (χ0n) is 21.4. The Balaban J connectivity index is 1.68. The van der Waals surface area contributed by atoms with E-state index in [9.17, 15) is 14.7 Å².